The Morgan fingerprint density at radius 2 is 2.11 bits per heavy atom. The van der Waals surface area contributed by atoms with Crippen molar-refractivity contribution in [3.63, 3.8) is 0 Å². The van der Waals surface area contributed by atoms with Crippen molar-refractivity contribution >= 4 is 22.4 Å². The number of carboxylic acids is 1. The number of aryl methyl sites for hydroxylation is 1. The van der Waals surface area contributed by atoms with E-state index in [0.717, 1.165) is 0 Å². The number of carboxylic acid groups (broad SMARTS) is 1. The van der Waals surface area contributed by atoms with Crippen LogP contribution in [-0.4, -0.2) is 22.8 Å². The third kappa shape index (κ3) is 2.10. The molecular formula is C14H13NO4. The van der Waals surface area contributed by atoms with Crippen LogP contribution < -0.4 is 10.2 Å². The van der Waals surface area contributed by atoms with Crippen LogP contribution in [0.25, 0.3) is 16.5 Å². The quantitative estimate of drug-likeness (QED) is 0.851. The van der Waals surface area contributed by atoms with E-state index in [1.807, 2.05) is 0 Å². The summed E-state index contributed by atoms with van der Waals surface area (Å²) in [4.78, 5) is 23.3. The Hall–Kier alpha value is -2.56. The lowest BCUT2D eigenvalue weighted by Crippen LogP contribution is -2.15. The van der Waals surface area contributed by atoms with Crippen LogP contribution in [0.4, 0.5) is 0 Å². The average Bonchev–Trinajstić information content (AvgIpc) is 2.41. The first-order chi connectivity index (χ1) is 8.95. The van der Waals surface area contributed by atoms with Gasteiger partial charge < -0.3 is 14.4 Å². The van der Waals surface area contributed by atoms with Crippen molar-refractivity contribution in [1.82, 2.24) is 4.57 Å². The molecule has 0 aliphatic carbocycles. The fraction of sp³-hybridized carbons (Fsp3) is 0.143. The van der Waals surface area contributed by atoms with Crippen LogP contribution in [-0.2, 0) is 11.8 Å². The molecule has 2 aromatic rings. The van der Waals surface area contributed by atoms with Gasteiger partial charge >= 0.3 is 5.97 Å². The molecule has 1 aromatic carbocycles. The van der Waals surface area contributed by atoms with Gasteiger partial charge in [0.2, 0.25) is 0 Å². The Balaban J connectivity index is 2.83. The maximum Gasteiger partial charge on any atom is 0.335 e. The Bertz CT molecular complexity index is 743. The minimum Gasteiger partial charge on any atom is -0.497 e. The van der Waals surface area contributed by atoms with Crippen molar-refractivity contribution in [3.8, 4) is 5.75 Å². The molecule has 0 radical (unpaired) electrons. The van der Waals surface area contributed by atoms with E-state index in [2.05, 4.69) is 6.58 Å². The molecule has 5 nitrogen and oxygen atoms in total. The monoisotopic (exact) mass is 259 g/mol. The molecule has 0 atom stereocenters. The van der Waals surface area contributed by atoms with E-state index in [-0.39, 0.29) is 16.6 Å². The van der Waals surface area contributed by atoms with Gasteiger partial charge in [0, 0.05) is 18.6 Å². The summed E-state index contributed by atoms with van der Waals surface area (Å²) in [6.07, 6.45) is 1.48. The molecule has 0 bridgehead atoms. The molecule has 0 unspecified atom stereocenters. The smallest absolute Gasteiger partial charge is 0.335 e. The topological polar surface area (TPSA) is 68.5 Å². The Kier molecular flexibility index (Phi) is 3.12. The van der Waals surface area contributed by atoms with E-state index in [1.54, 1.807) is 29.8 Å². The number of fused-ring (bicyclic) bond motifs is 1. The van der Waals surface area contributed by atoms with E-state index in [9.17, 15) is 9.59 Å². The number of hydrogen-bond acceptors (Lipinski definition) is 3. The maximum atomic E-state index is 12.3. The van der Waals surface area contributed by atoms with Gasteiger partial charge in [-0.25, -0.2) is 4.79 Å². The minimum atomic E-state index is -1.21. The predicted molar refractivity (Wildman–Crippen MR) is 72.4 cm³/mol. The lowest BCUT2D eigenvalue weighted by Gasteiger charge is -2.10. The van der Waals surface area contributed by atoms with Crippen molar-refractivity contribution in [3.05, 3.63) is 46.8 Å². The molecule has 0 saturated carbocycles. The van der Waals surface area contributed by atoms with Gasteiger partial charge in [0.15, 0.2) is 5.43 Å². The summed E-state index contributed by atoms with van der Waals surface area (Å²) in [7, 11) is 3.25. The van der Waals surface area contributed by atoms with Gasteiger partial charge in [0.05, 0.1) is 23.8 Å². The second-order valence-electron chi connectivity index (χ2n) is 4.15. The fourth-order valence-corrected chi connectivity index (χ4v) is 1.93. The number of hydrogen-bond donors (Lipinski definition) is 1. The largest absolute Gasteiger partial charge is 0.497 e. The van der Waals surface area contributed by atoms with Crippen LogP contribution in [0.5, 0.6) is 5.75 Å². The first-order valence-electron chi connectivity index (χ1n) is 5.55. The molecule has 0 aliphatic rings. The standard InChI is InChI=1S/C14H13NO4/c1-8(14(17)18)11-7-15(2)12-5-4-9(19-3)6-10(12)13(11)16/h4-7H,1H2,2-3H3,(H,17,18). The molecular weight excluding hydrogens is 246 g/mol. The average molecular weight is 259 g/mol. The van der Waals surface area contributed by atoms with E-state index in [1.165, 1.54) is 13.3 Å². The number of rotatable bonds is 3. The molecule has 1 heterocycles. The normalized spacial score (nSPS) is 10.4. The van der Waals surface area contributed by atoms with Gasteiger partial charge in [-0.1, -0.05) is 6.58 Å². The van der Waals surface area contributed by atoms with Crippen LogP contribution in [0.15, 0.2) is 35.8 Å². The molecule has 0 spiro atoms. The van der Waals surface area contributed by atoms with Gasteiger partial charge in [0.25, 0.3) is 0 Å². The lowest BCUT2D eigenvalue weighted by atomic mass is 10.1. The van der Waals surface area contributed by atoms with Crippen molar-refractivity contribution in [1.29, 1.82) is 0 Å². The van der Waals surface area contributed by atoms with E-state index in [4.69, 9.17) is 9.84 Å². The van der Waals surface area contributed by atoms with E-state index >= 15 is 0 Å². The van der Waals surface area contributed by atoms with Crippen molar-refractivity contribution in [2.45, 2.75) is 0 Å². The third-order valence-electron chi connectivity index (χ3n) is 2.98. The number of nitrogens with zero attached hydrogens (tertiary/aromatic N) is 1. The molecule has 2 rings (SSSR count). The van der Waals surface area contributed by atoms with Crippen LogP contribution >= 0.6 is 0 Å². The Morgan fingerprint density at radius 1 is 1.42 bits per heavy atom. The maximum absolute atomic E-state index is 12.3. The Morgan fingerprint density at radius 3 is 2.68 bits per heavy atom. The highest BCUT2D eigenvalue weighted by Gasteiger charge is 2.15. The van der Waals surface area contributed by atoms with Gasteiger partial charge in [-0.05, 0) is 18.2 Å². The van der Waals surface area contributed by atoms with Gasteiger partial charge in [-0.15, -0.1) is 0 Å². The zero-order chi connectivity index (χ0) is 14.2. The van der Waals surface area contributed by atoms with Crippen LogP contribution in [0.2, 0.25) is 0 Å². The van der Waals surface area contributed by atoms with E-state index < -0.39 is 5.97 Å². The lowest BCUT2D eigenvalue weighted by molar-refractivity contribution is -0.130. The highest BCUT2D eigenvalue weighted by Crippen LogP contribution is 2.20. The number of ether oxygens (including phenoxy) is 1. The van der Waals surface area contributed by atoms with Gasteiger partial charge in [-0.3, -0.25) is 4.79 Å². The van der Waals surface area contributed by atoms with Crippen LogP contribution in [0.3, 0.4) is 0 Å². The molecule has 19 heavy (non-hydrogen) atoms. The van der Waals surface area contributed by atoms with Crippen LogP contribution in [0, 0.1) is 0 Å². The number of pyridine rings is 1. The molecule has 5 heteroatoms. The summed E-state index contributed by atoms with van der Waals surface area (Å²) in [5.74, 6) is -0.665. The molecule has 0 fully saturated rings. The zero-order valence-electron chi connectivity index (χ0n) is 10.6. The summed E-state index contributed by atoms with van der Waals surface area (Å²) in [5, 5.41) is 9.36. The summed E-state index contributed by atoms with van der Waals surface area (Å²) in [5.41, 5.74) is 0.202. The first-order valence-corrected chi connectivity index (χ1v) is 5.55. The minimum absolute atomic E-state index is 0.0794. The number of benzene rings is 1. The molecule has 98 valence electrons. The van der Waals surface area contributed by atoms with Crippen molar-refractivity contribution < 1.29 is 14.6 Å². The summed E-state index contributed by atoms with van der Waals surface area (Å²) < 4.78 is 6.77. The Labute approximate surface area is 109 Å². The first kappa shape index (κ1) is 12.9. The molecule has 0 saturated heterocycles. The fourth-order valence-electron chi connectivity index (χ4n) is 1.93. The number of aliphatic carboxylic acids is 1. The van der Waals surface area contributed by atoms with Crippen molar-refractivity contribution in [2.24, 2.45) is 7.05 Å². The van der Waals surface area contributed by atoms with E-state index in [0.29, 0.717) is 16.7 Å². The summed E-state index contributed by atoms with van der Waals surface area (Å²) >= 11 is 0. The number of aromatic nitrogens is 1. The van der Waals surface area contributed by atoms with Gasteiger partial charge in [-0.2, -0.15) is 0 Å². The summed E-state index contributed by atoms with van der Waals surface area (Å²) in [6, 6.07) is 5.09. The number of methoxy groups -OCH3 is 1. The number of carbonyl (C=O) groups is 1. The third-order valence-corrected chi connectivity index (χ3v) is 2.98. The van der Waals surface area contributed by atoms with Crippen molar-refractivity contribution in [2.75, 3.05) is 7.11 Å². The zero-order valence-corrected chi connectivity index (χ0v) is 10.6. The van der Waals surface area contributed by atoms with Gasteiger partial charge in [0.1, 0.15) is 5.75 Å². The predicted octanol–water partition coefficient (Wildman–Crippen LogP) is 1.64. The van der Waals surface area contributed by atoms with Crippen LogP contribution in [0.1, 0.15) is 5.56 Å². The second kappa shape index (κ2) is 4.61. The SMILES string of the molecule is C=C(C(=O)O)c1cn(C)c2ccc(OC)cc2c1=O. The highest BCUT2D eigenvalue weighted by molar-refractivity contribution is 6.14. The second-order valence-corrected chi connectivity index (χ2v) is 4.15. The molecule has 0 aliphatic heterocycles. The summed E-state index contributed by atoms with van der Waals surface area (Å²) in [6.45, 7) is 3.43. The molecule has 1 N–H and O–H groups in total. The molecule has 1 aromatic heterocycles. The highest BCUT2D eigenvalue weighted by atomic mass is 16.5. The molecule has 0 amide bonds.